The predicted octanol–water partition coefficient (Wildman–Crippen LogP) is 2.34. The Kier molecular flexibility index (Phi) is 8.23. The Morgan fingerprint density at radius 3 is 2.58 bits per heavy atom. The highest BCUT2D eigenvalue weighted by Crippen LogP contribution is 2.29. The molecule has 0 spiro atoms. The minimum atomic E-state index is -0.429. The van der Waals surface area contributed by atoms with Crippen molar-refractivity contribution in [3.05, 3.63) is 44.6 Å². The predicted molar refractivity (Wildman–Crippen MR) is 140 cm³/mol. The van der Waals surface area contributed by atoms with E-state index in [2.05, 4.69) is 33.8 Å². The zero-order chi connectivity index (χ0) is 25.7. The summed E-state index contributed by atoms with van der Waals surface area (Å²) in [7, 11) is 0. The average molecular weight is 494 g/mol. The van der Waals surface area contributed by atoms with E-state index in [-0.39, 0.29) is 0 Å². The van der Waals surface area contributed by atoms with E-state index in [9.17, 15) is 9.59 Å². The lowest BCUT2D eigenvalue weighted by Gasteiger charge is -2.27. The van der Waals surface area contributed by atoms with E-state index in [0.29, 0.717) is 56.3 Å². The number of rotatable bonds is 10. The molecule has 1 aromatic carbocycles. The SMILES string of the molecule is CCCn1c(=O)[nH]c(=O)c2c1nc(-c1ccc(N(CC)CCC#N)cc1C)n2CCN1CCOCC1. The fourth-order valence-corrected chi connectivity index (χ4v) is 4.84. The molecule has 192 valence electrons. The first-order valence-electron chi connectivity index (χ1n) is 12.7. The van der Waals surface area contributed by atoms with Crippen LogP contribution < -0.4 is 16.1 Å². The Balaban J connectivity index is 1.82. The van der Waals surface area contributed by atoms with Gasteiger partial charge >= 0.3 is 5.69 Å². The van der Waals surface area contributed by atoms with E-state index < -0.39 is 11.2 Å². The van der Waals surface area contributed by atoms with Crippen LogP contribution in [-0.4, -0.2) is 69.9 Å². The van der Waals surface area contributed by atoms with Gasteiger partial charge in [0.15, 0.2) is 11.2 Å². The van der Waals surface area contributed by atoms with Crippen molar-refractivity contribution in [3.63, 3.8) is 0 Å². The number of aryl methyl sites for hydroxylation is 2. The van der Waals surface area contributed by atoms with E-state index in [4.69, 9.17) is 15.0 Å². The Bertz CT molecular complexity index is 1360. The molecule has 1 aliphatic heterocycles. The third-order valence-electron chi connectivity index (χ3n) is 6.77. The second-order valence-corrected chi connectivity index (χ2v) is 9.11. The lowest BCUT2D eigenvalue weighted by Crippen LogP contribution is -2.38. The molecule has 1 aliphatic rings. The molecule has 0 aliphatic carbocycles. The molecule has 3 aromatic rings. The highest BCUT2D eigenvalue weighted by atomic mass is 16.5. The van der Waals surface area contributed by atoms with Crippen molar-refractivity contribution in [2.75, 3.05) is 50.8 Å². The van der Waals surface area contributed by atoms with Gasteiger partial charge in [-0.1, -0.05) is 6.92 Å². The van der Waals surface area contributed by atoms with Gasteiger partial charge in [-0.3, -0.25) is 19.2 Å². The first-order valence-corrected chi connectivity index (χ1v) is 12.7. The molecule has 0 bridgehead atoms. The number of benzene rings is 1. The third-order valence-corrected chi connectivity index (χ3v) is 6.77. The molecule has 36 heavy (non-hydrogen) atoms. The van der Waals surface area contributed by atoms with Gasteiger partial charge in [-0.15, -0.1) is 0 Å². The second-order valence-electron chi connectivity index (χ2n) is 9.11. The largest absolute Gasteiger partial charge is 0.379 e. The van der Waals surface area contributed by atoms with E-state index in [0.717, 1.165) is 49.4 Å². The van der Waals surface area contributed by atoms with E-state index in [1.807, 2.05) is 30.5 Å². The molecule has 4 rings (SSSR count). The molecular weight excluding hydrogens is 458 g/mol. The van der Waals surface area contributed by atoms with Crippen molar-refractivity contribution in [1.29, 1.82) is 5.26 Å². The molecule has 0 unspecified atom stereocenters. The summed E-state index contributed by atoms with van der Waals surface area (Å²) < 4.78 is 9.01. The number of aromatic amines is 1. The molecule has 0 atom stereocenters. The number of fused-ring (bicyclic) bond motifs is 1. The second kappa shape index (κ2) is 11.5. The maximum absolute atomic E-state index is 13.0. The van der Waals surface area contributed by atoms with Gasteiger partial charge in [0, 0.05) is 57.1 Å². The Labute approximate surface area is 210 Å². The molecule has 1 N–H and O–H groups in total. The van der Waals surface area contributed by atoms with Crippen LogP contribution in [0.2, 0.25) is 0 Å². The number of hydrogen-bond donors (Lipinski definition) is 1. The monoisotopic (exact) mass is 493 g/mol. The number of ether oxygens (including phenoxy) is 1. The minimum absolute atomic E-state index is 0.411. The van der Waals surface area contributed by atoms with Gasteiger partial charge in [-0.2, -0.15) is 5.26 Å². The number of nitriles is 1. The van der Waals surface area contributed by atoms with E-state index in [1.54, 1.807) is 4.57 Å². The van der Waals surface area contributed by atoms with Crippen LogP contribution in [0.4, 0.5) is 5.69 Å². The molecule has 3 heterocycles. The smallest absolute Gasteiger partial charge is 0.330 e. The van der Waals surface area contributed by atoms with Gasteiger partial charge in [0.1, 0.15) is 5.82 Å². The van der Waals surface area contributed by atoms with Gasteiger partial charge in [0.05, 0.1) is 25.7 Å². The number of aromatic nitrogens is 4. The van der Waals surface area contributed by atoms with Gasteiger partial charge in [0.2, 0.25) is 0 Å². The van der Waals surface area contributed by atoms with Gasteiger partial charge in [-0.25, -0.2) is 9.78 Å². The number of hydrogen-bond acceptors (Lipinski definition) is 7. The fourth-order valence-electron chi connectivity index (χ4n) is 4.84. The standard InChI is InChI=1S/C26H35N7O3/c1-4-10-33-24-22(25(34)29-26(33)35)32(13-12-30-14-16-36-17-15-30)23(28-24)21-8-7-20(18-19(21)3)31(5-2)11-6-9-27/h7-8,18H,4-6,10-17H2,1-3H3,(H,29,34,35). The summed E-state index contributed by atoms with van der Waals surface area (Å²) in [5.74, 6) is 0.684. The lowest BCUT2D eigenvalue weighted by molar-refractivity contribution is 0.0365. The zero-order valence-corrected chi connectivity index (χ0v) is 21.4. The van der Waals surface area contributed by atoms with Gasteiger partial charge in [-0.05, 0) is 44.0 Å². The van der Waals surface area contributed by atoms with Crippen LogP contribution in [0.5, 0.6) is 0 Å². The lowest BCUT2D eigenvalue weighted by atomic mass is 10.1. The number of morpholine rings is 1. The highest BCUT2D eigenvalue weighted by molar-refractivity contribution is 5.78. The molecule has 0 saturated carbocycles. The molecule has 1 saturated heterocycles. The molecule has 1 fully saturated rings. The molecule has 0 radical (unpaired) electrons. The van der Waals surface area contributed by atoms with Crippen molar-refractivity contribution in [1.82, 2.24) is 24.0 Å². The first-order chi connectivity index (χ1) is 17.5. The first kappa shape index (κ1) is 25.7. The zero-order valence-electron chi connectivity index (χ0n) is 21.4. The molecule has 2 aromatic heterocycles. The van der Waals surface area contributed by atoms with Crippen LogP contribution in [-0.2, 0) is 17.8 Å². The van der Waals surface area contributed by atoms with Crippen molar-refractivity contribution in [2.45, 2.75) is 46.7 Å². The number of anilines is 1. The summed E-state index contributed by atoms with van der Waals surface area (Å²) in [6.07, 6.45) is 1.21. The maximum atomic E-state index is 13.0. The molecular formula is C26H35N7O3. The van der Waals surface area contributed by atoms with E-state index >= 15 is 0 Å². The Hall–Kier alpha value is -3.42. The quantitative estimate of drug-likeness (QED) is 0.461. The number of imidazole rings is 1. The number of H-pyrrole nitrogens is 1. The van der Waals surface area contributed by atoms with Crippen LogP contribution in [0.25, 0.3) is 22.6 Å². The average Bonchev–Trinajstić information content (AvgIpc) is 3.26. The molecule has 10 heteroatoms. The molecule has 0 amide bonds. The summed E-state index contributed by atoms with van der Waals surface area (Å²) in [6, 6.07) is 8.39. The third kappa shape index (κ3) is 5.22. The topological polar surface area (TPSA) is 112 Å². The van der Waals surface area contributed by atoms with Gasteiger partial charge < -0.3 is 14.2 Å². The maximum Gasteiger partial charge on any atom is 0.330 e. The van der Waals surface area contributed by atoms with Crippen LogP contribution in [0.1, 0.15) is 32.3 Å². The Morgan fingerprint density at radius 2 is 1.92 bits per heavy atom. The van der Waals surface area contributed by atoms with Crippen LogP contribution in [0.3, 0.4) is 0 Å². The summed E-state index contributed by atoms with van der Waals surface area (Å²) in [5, 5.41) is 9.00. The van der Waals surface area contributed by atoms with Crippen molar-refractivity contribution in [2.24, 2.45) is 0 Å². The minimum Gasteiger partial charge on any atom is -0.379 e. The van der Waals surface area contributed by atoms with Crippen LogP contribution >= 0.6 is 0 Å². The van der Waals surface area contributed by atoms with Gasteiger partial charge in [0.25, 0.3) is 5.56 Å². The summed E-state index contributed by atoms with van der Waals surface area (Å²) in [6.45, 7) is 12.5. The van der Waals surface area contributed by atoms with Crippen molar-refractivity contribution >= 4 is 16.9 Å². The van der Waals surface area contributed by atoms with Crippen molar-refractivity contribution in [3.8, 4) is 17.5 Å². The molecule has 10 nitrogen and oxygen atoms in total. The van der Waals surface area contributed by atoms with Crippen molar-refractivity contribution < 1.29 is 4.74 Å². The summed E-state index contributed by atoms with van der Waals surface area (Å²) in [4.78, 5) is 37.6. The number of nitrogens with zero attached hydrogens (tertiary/aromatic N) is 6. The number of nitrogens with one attached hydrogen (secondary N) is 1. The van der Waals surface area contributed by atoms with Crippen LogP contribution in [0.15, 0.2) is 27.8 Å². The Morgan fingerprint density at radius 1 is 1.14 bits per heavy atom. The van der Waals surface area contributed by atoms with Crippen LogP contribution in [0, 0.1) is 18.3 Å². The summed E-state index contributed by atoms with van der Waals surface area (Å²) in [5.41, 5.74) is 3.00. The summed E-state index contributed by atoms with van der Waals surface area (Å²) >= 11 is 0. The normalized spacial score (nSPS) is 14.3. The van der Waals surface area contributed by atoms with E-state index in [1.165, 1.54) is 0 Å². The highest BCUT2D eigenvalue weighted by Gasteiger charge is 2.22. The fraction of sp³-hybridized carbons (Fsp3) is 0.538.